The van der Waals surface area contributed by atoms with Crippen LogP contribution in [-0.2, 0) is 0 Å². The van der Waals surface area contributed by atoms with Gasteiger partial charge in [-0.15, -0.1) is 0 Å². The highest BCUT2D eigenvalue weighted by atomic mass is 79.9. The predicted octanol–water partition coefficient (Wildman–Crippen LogP) is 2.44. The van der Waals surface area contributed by atoms with Crippen molar-refractivity contribution < 1.29 is 9.72 Å². The SMILES string of the molecule is CNC(=O)c1cc([N+](=O)[O-])ccc1N1CCN(c2ccc(Br)cn2)CC1. The molecule has 1 aliphatic rings. The maximum atomic E-state index is 12.2. The highest BCUT2D eigenvalue weighted by Gasteiger charge is 2.24. The fourth-order valence-corrected chi connectivity index (χ4v) is 3.20. The van der Waals surface area contributed by atoms with Crippen LogP contribution in [0.3, 0.4) is 0 Å². The lowest BCUT2D eigenvalue weighted by Crippen LogP contribution is -2.47. The summed E-state index contributed by atoms with van der Waals surface area (Å²) in [5.74, 6) is 0.573. The number of nitro benzene ring substituents is 1. The molecular weight excluding hydrogens is 402 g/mol. The Labute approximate surface area is 159 Å². The summed E-state index contributed by atoms with van der Waals surface area (Å²) >= 11 is 3.38. The second-order valence-electron chi connectivity index (χ2n) is 5.85. The molecule has 0 saturated carbocycles. The molecule has 0 atom stereocenters. The summed E-state index contributed by atoms with van der Waals surface area (Å²) in [5.41, 5.74) is 0.931. The lowest BCUT2D eigenvalue weighted by Gasteiger charge is -2.37. The van der Waals surface area contributed by atoms with Crippen molar-refractivity contribution in [1.29, 1.82) is 0 Å². The van der Waals surface area contributed by atoms with Crippen LogP contribution in [0.4, 0.5) is 17.2 Å². The third kappa shape index (κ3) is 3.77. The predicted molar refractivity (Wildman–Crippen MR) is 103 cm³/mol. The van der Waals surface area contributed by atoms with Gasteiger partial charge in [-0.1, -0.05) is 0 Å². The fraction of sp³-hybridized carbons (Fsp3) is 0.294. The van der Waals surface area contributed by atoms with Crippen molar-refractivity contribution in [1.82, 2.24) is 10.3 Å². The summed E-state index contributed by atoms with van der Waals surface area (Å²) in [5, 5.41) is 13.6. The van der Waals surface area contributed by atoms with Crippen molar-refractivity contribution in [2.24, 2.45) is 0 Å². The number of carbonyl (C=O) groups excluding carboxylic acids is 1. The number of hydrogen-bond donors (Lipinski definition) is 1. The Morgan fingerprint density at radius 3 is 2.46 bits per heavy atom. The lowest BCUT2D eigenvalue weighted by molar-refractivity contribution is -0.384. The third-order valence-electron chi connectivity index (χ3n) is 4.32. The van der Waals surface area contributed by atoms with Gasteiger partial charge in [0.05, 0.1) is 16.2 Å². The maximum Gasteiger partial charge on any atom is 0.270 e. The molecule has 0 spiro atoms. The lowest BCUT2D eigenvalue weighted by atomic mass is 10.1. The van der Waals surface area contributed by atoms with Gasteiger partial charge in [-0.25, -0.2) is 4.98 Å². The van der Waals surface area contributed by atoms with E-state index in [4.69, 9.17) is 0 Å². The number of nitrogens with zero attached hydrogens (tertiary/aromatic N) is 4. The van der Waals surface area contributed by atoms with Crippen LogP contribution in [0.25, 0.3) is 0 Å². The largest absolute Gasteiger partial charge is 0.367 e. The fourth-order valence-electron chi connectivity index (χ4n) is 2.96. The topological polar surface area (TPSA) is 91.6 Å². The number of anilines is 2. The highest BCUT2D eigenvalue weighted by molar-refractivity contribution is 9.10. The molecule has 0 aliphatic carbocycles. The van der Waals surface area contributed by atoms with Crippen molar-refractivity contribution in [2.45, 2.75) is 0 Å². The number of non-ortho nitro benzene ring substituents is 1. The van der Waals surface area contributed by atoms with Gasteiger partial charge in [0.25, 0.3) is 11.6 Å². The number of benzene rings is 1. The Morgan fingerprint density at radius 1 is 1.19 bits per heavy atom. The first-order valence-corrected chi connectivity index (χ1v) is 8.91. The molecule has 1 aliphatic heterocycles. The number of nitrogens with one attached hydrogen (secondary N) is 1. The molecule has 0 unspecified atom stereocenters. The molecule has 1 N–H and O–H groups in total. The van der Waals surface area contributed by atoms with E-state index in [1.807, 2.05) is 12.1 Å². The Balaban J connectivity index is 1.79. The Hall–Kier alpha value is -2.68. The van der Waals surface area contributed by atoms with Gasteiger partial charge in [0.1, 0.15) is 5.82 Å². The molecule has 1 aromatic heterocycles. The smallest absolute Gasteiger partial charge is 0.270 e. The first-order valence-electron chi connectivity index (χ1n) is 8.11. The Bertz CT molecular complexity index is 820. The minimum atomic E-state index is -0.493. The molecule has 26 heavy (non-hydrogen) atoms. The van der Waals surface area contributed by atoms with Crippen molar-refractivity contribution in [3.8, 4) is 0 Å². The van der Waals surface area contributed by atoms with E-state index in [9.17, 15) is 14.9 Å². The number of aromatic nitrogens is 1. The normalized spacial score (nSPS) is 14.2. The molecule has 1 fully saturated rings. The van der Waals surface area contributed by atoms with Gasteiger partial charge in [0, 0.05) is 56.0 Å². The van der Waals surface area contributed by atoms with E-state index in [0.717, 1.165) is 23.4 Å². The third-order valence-corrected chi connectivity index (χ3v) is 4.79. The maximum absolute atomic E-state index is 12.2. The summed E-state index contributed by atoms with van der Waals surface area (Å²) in [6.07, 6.45) is 1.77. The number of hydrogen-bond acceptors (Lipinski definition) is 6. The van der Waals surface area contributed by atoms with Crippen LogP contribution in [0, 0.1) is 10.1 Å². The van der Waals surface area contributed by atoms with E-state index in [1.165, 1.54) is 19.2 Å². The zero-order valence-electron chi connectivity index (χ0n) is 14.2. The van der Waals surface area contributed by atoms with E-state index in [2.05, 4.69) is 36.0 Å². The summed E-state index contributed by atoms with van der Waals surface area (Å²) in [7, 11) is 1.52. The summed E-state index contributed by atoms with van der Waals surface area (Å²) in [4.78, 5) is 31.4. The Morgan fingerprint density at radius 2 is 1.88 bits per heavy atom. The highest BCUT2D eigenvalue weighted by Crippen LogP contribution is 2.27. The van der Waals surface area contributed by atoms with Crippen LogP contribution in [0.2, 0.25) is 0 Å². The molecule has 136 valence electrons. The summed E-state index contributed by atoms with van der Waals surface area (Å²) < 4.78 is 0.931. The molecule has 3 rings (SSSR count). The molecule has 1 saturated heterocycles. The van der Waals surface area contributed by atoms with E-state index >= 15 is 0 Å². The van der Waals surface area contributed by atoms with Crippen LogP contribution in [0.5, 0.6) is 0 Å². The average molecular weight is 420 g/mol. The van der Waals surface area contributed by atoms with Crippen LogP contribution in [0.15, 0.2) is 41.0 Å². The molecule has 1 amide bonds. The van der Waals surface area contributed by atoms with Gasteiger partial charge in [-0.2, -0.15) is 0 Å². The van der Waals surface area contributed by atoms with E-state index in [1.54, 1.807) is 12.3 Å². The van der Waals surface area contributed by atoms with E-state index in [0.29, 0.717) is 24.3 Å². The second-order valence-corrected chi connectivity index (χ2v) is 6.76. The number of nitro groups is 1. The van der Waals surface area contributed by atoms with E-state index < -0.39 is 4.92 Å². The Kier molecular flexibility index (Phi) is 5.36. The molecule has 9 heteroatoms. The molecular formula is C17H18BrN5O3. The van der Waals surface area contributed by atoms with Gasteiger partial charge >= 0.3 is 0 Å². The molecule has 1 aromatic carbocycles. The zero-order valence-corrected chi connectivity index (χ0v) is 15.8. The second kappa shape index (κ2) is 7.69. The molecule has 8 nitrogen and oxygen atoms in total. The summed E-state index contributed by atoms with van der Waals surface area (Å²) in [6.45, 7) is 2.89. The van der Waals surface area contributed by atoms with Gasteiger partial charge < -0.3 is 15.1 Å². The van der Waals surface area contributed by atoms with Crippen molar-refractivity contribution in [3.05, 3.63) is 56.7 Å². The van der Waals surface area contributed by atoms with Crippen molar-refractivity contribution >= 4 is 39.0 Å². The molecule has 2 aromatic rings. The molecule has 0 radical (unpaired) electrons. The standard InChI is InChI=1S/C17H18BrN5O3/c1-19-17(24)14-10-13(23(25)26)3-4-15(14)21-6-8-22(9-7-21)16-5-2-12(18)11-20-16/h2-5,10-11H,6-9H2,1H3,(H,19,24). The van der Waals surface area contributed by atoms with Crippen LogP contribution in [0.1, 0.15) is 10.4 Å². The quantitative estimate of drug-likeness (QED) is 0.604. The minimum absolute atomic E-state index is 0.0925. The van der Waals surface area contributed by atoms with E-state index in [-0.39, 0.29) is 11.6 Å². The first kappa shape index (κ1) is 18.1. The number of amides is 1. The van der Waals surface area contributed by atoms with Crippen LogP contribution < -0.4 is 15.1 Å². The number of piperazine rings is 1. The number of carbonyl (C=O) groups is 1. The number of rotatable bonds is 4. The monoisotopic (exact) mass is 419 g/mol. The zero-order chi connectivity index (χ0) is 18.7. The van der Waals surface area contributed by atoms with Gasteiger partial charge in [-0.3, -0.25) is 14.9 Å². The molecule has 0 bridgehead atoms. The van der Waals surface area contributed by atoms with Gasteiger partial charge in [0.2, 0.25) is 0 Å². The first-order chi connectivity index (χ1) is 12.5. The number of halogens is 1. The average Bonchev–Trinajstić information content (AvgIpc) is 2.67. The van der Waals surface area contributed by atoms with Crippen LogP contribution >= 0.6 is 15.9 Å². The number of pyridine rings is 1. The van der Waals surface area contributed by atoms with Crippen LogP contribution in [-0.4, -0.2) is 49.0 Å². The van der Waals surface area contributed by atoms with Crippen molar-refractivity contribution in [2.75, 3.05) is 43.0 Å². The van der Waals surface area contributed by atoms with Crippen molar-refractivity contribution in [3.63, 3.8) is 0 Å². The minimum Gasteiger partial charge on any atom is -0.367 e. The summed E-state index contributed by atoms with van der Waals surface area (Å²) in [6, 6.07) is 8.33. The molecule has 2 heterocycles. The van der Waals surface area contributed by atoms with Gasteiger partial charge in [0.15, 0.2) is 0 Å². The van der Waals surface area contributed by atoms with Gasteiger partial charge in [-0.05, 0) is 34.1 Å².